The molecule has 0 aromatic carbocycles. The summed E-state index contributed by atoms with van der Waals surface area (Å²) >= 11 is 0. The molecule has 0 aliphatic heterocycles. The normalized spacial score (nSPS) is 28.9. The molecule has 19 heavy (non-hydrogen) atoms. The highest BCUT2D eigenvalue weighted by Gasteiger charge is 2.30. The summed E-state index contributed by atoms with van der Waals surface area (Å²) in [5.41, 5.74) is 0.510. The number of rotatable bonds is 6. The van der Waals surface area contributed by atoms with Crippen LogP contribution >= 0.6 is 0 Å². The summed E-state index contributed by atoms with van der Waals surface area (Å²) in [5.74, 6) is 0.934. The summed E-state index contributed by atoms with van der Waals surface area (Å²) in [6.45, 7) is 13.2. The minimum Gasteiger partial charge on any atom is -0.313 e. The van der Waals surface area contributed by atoms with E-state index in [4.69, 9.17) is 0 Å². The zero-order valence-electron chi connectivity index (χ0n) is 13.5. The molecule has 1 N–H and O–H groups in total. The van der Waals surface area contributed by atoms with Gasteiger partial charge in [-0.2, -0.15) is 0 Å². The molecule has 2 rings (SSSR count). The molecule has 2 aliphatic rings. The molecule has 0 amide bonds. The Morgan fingerprint density at radius 1 is 1.00 bits per heavy atom. The van der Waals surface area contributed by atoms with Crippen molar-refractivity contribution < 1.29 is 0 Å². The Labute approximate surface area is 120 Å². The lowest BCUT2D eigenvalue weighted by molar-refractivity contribution is 0.158. The third kappa shape index (κ3) is 4.75. The van der Waals surface area contributed by atoms with Crippen LogP contribution in [0.5, 0.6) is 0 Å². The molecule has 0 aromatic heterocycles. The van der Waals surface area contributed by atoms with Gasteiger partial charge in [-0.05, 0) is 56.4 Å². The Morgan fingerprint density at radius 3 is 2.11 bits per heavy atom. The summed E-state index contributed by atoms with van der Waals surface area (Å²) in [6.07, 6.45) is 8.48. The van der Waals surface area contributed by atoms with Crippen LogP contribution in [0.4, 0.5) is 0 Å². The molecule has 0 saturated heterocycles. The number of hydrogen-bond acceptors (Lipinski definition) is 2. The van der Waals surface area contributed by atoms with Gasteiger partial charge in [-0.25, -0.2) is 0 Å². The Morgan fingerprint density at radius 2 is 1.63 bits per heavy atom. The molecule has 2 aliphatic carbocycles. The molecule has 0 spiro atoms. The number of likely N-dealkylation sites (N-methyl/N-ethyl adjacent to an activating group) is 1. The molecular weight excluding hydrogens is 232 g/mol. The number of nitrogens with one attached hydrogen (secondary N) is 1. The van der Waals surface area contributed by atoms with Crippen LogP contribution in [-0.4, -0.2) is 36.6 Å². The lowest BCUT2D eigenvalue weighted by atomic mass is 9.71. The summed E-state index contributed by atoms with van der Waals surface area (Å²) in [4.78, 5) is 2.65. The third-order valence-corrected chi connectivity index (χ3v) is 5.25. The zero-order chi connectivity index (χ0) is 13.9. The van der Waals surface area contributed by atoms with Gasteiger partial charge in [0.2, 0.25) is 0 Å². The van der Waals surface area contributed by atoms with Crippen LogP contribution in [0.1, 0.15) is 66.2 Å². The van der Waals surface area contributed by atoms with E-state index < -0.39 is 0 Å². The highest BCUT2D eigenvalue weighted by Crippen LogP contribution is 2.37. The van der Waals surface area contributed by atoms with Crippen molar-refractivity contribution in [3.63, 3.8) is 0 Å². The van der Waals surface area contributed by atoms with Crippen LogP contribution in [0, 0.1) is 11.3 Å². The van der Waals surface area contributed by atoms with Crippen LogP contribution in [-0.2, 0) is 0 Å². The van der Waals surface area contributed by atoms with Crippen molar-refractivity contribution in [2.45, 2.75) is 78.3 Å². The van der Waals surface area contributed by atoms with Gasteiger partial charge in [0.05, 0.1) is 0 Å². The molecule has 0 bridgehead atoms. The fourth-order valence-electron chi connectivity index (χ4n) is 3.61. The lowest BCUT2D eigenvalue weighted by Crippen LogP contribution is -2.40. The first-order valence-electron chi connectivity index (χ1n) is 8.48. The molecule has 0 unspecified atom stereocenters. The van der Waals surface area contributed by atoms with E-state index in [0.29, 0.717) is 5.41 Å². The van der Waals surface area contributed by atoms with E-state index in [2.05, 4.69) is 37.9 Å². The molecule has 0 atom stereocenters. The first kappa shape index (κ1) is 15.3. The van der Waals surface area contributed by atoms with Crippen molar-refractivity contribution in [3.05, 3.63) is 0 Å². The van der Waals surface area contributed by atoms with Crippen molar-refractivity contribution in [2.75, 3.05) is 19.6 Å². The van der Waals surface area contributed by atoms with Gasteiger partial charge in [0.25, 0.3) is 0 Å². The van der Waals surface area contributed by atoms with Crippen molar-refractivity contribution in [3.8, 4) is 0 Å². The van der Waals surface area contributed by atoms with E-state index in [9.17, 15) is 0 Å². The second-order valence-corrected chi connectivity index (χ2v) is 7.73. The van der Waals surface area contributed by atoms with E-state index in [-0.39, 0.29) is 0 Å². The van der Waals surface area contributed by atoms with E-state index in [1.165, 1.54) is 58.2 Å². The van der Waals surface area contributed by atoms with Crippen LogP contribution in [0.3, 0.4) is 0 Å². The highest BCUT2D eigenvalue weighted by atomic mass is 15.2. The SMILES string of the molecule is CCN(CCNC1CCC(C(C)(C)C)CC1)C1CC1. The molecule has 2 saturated carbocycles. The first-order chi connectivity index (χ1) is 9.00. The second kappa shape index (κ2) is 6.58. The van der Waals surface area contributed by atoms with Gasteiger partial charge < -0.3 is 5.32 Å². The van der Waals surface area contributed by atoms with Gasteiger partial charge in [-0.3, -0.25) is 4.90 Å². The standard InChI is InChI=1S/C17H34N2/c1-5-19(16-10-11-16)13-12-18-15-8-6-14(7-9-15)17(2,3)4/h14-16,18H,5-13H2,1-4H3. The summed E-state index contributed by atoms with van der Waals surface area (Å²) in [5, 5.41) is 3.80. The summed E-state index contributed by atoms with van der Waals surface area (Å²) in [6, 6.07) is 1.71. The zero-order valence-corrected chi connectivity index (χ0v) is 13.5. The highest BCUT2D eigenvalue weighted by molar-refractivity contribution is 4.86. The van der Waals surface area contributed by atoms with Crippen molar-refractivity contribution in [1.82, 2.24) is 10.2 Å². The first-order valence-corrected chi connectivity index (χ1v) is 8.48. The number of nitrogens with zero attached hydrogens (tertiary/aromatic N) is 1. The largest absolute Gasteiger partial charge is 0.313 e. The van der Waals surface area contributed by atoms with E-state index in [1.54, 1.807) is 0 Å². The quantitative estimate of drug-likeness (QED) is 0.789. The molecule has 112 valence electrons. The van der Waals surface area contributed by atoms with Crippen molar-refractivity contribution >= 4 is 0 Å². The summed E-state index contributed by atoms with van der Waals surface area (Å²) in [7, 11) is 0. The molecule has 0 radical (unpaired) electrons. The van der Waals surface area contributed by atoms with Gasteiger partial charge >= 0.3 is 0 Å². The van der Waals surface area contributed by atoms with Crippen LogP contribution in [0.2, 0.25) is 0 Å². The maximum atomic E-state index is 3.80. The molecular formula is C17H34N2. The maximum absolute atomic E-state index is 3.80. The Hall–Kier alpha value is -0.0800. The topological polar surface area (TPSA) is 15.3 Å². The van der Waals surface area contributed by atoms with Gasteiger partial charge in [0.1, 0.15) is 0 Å². The Kier molecular flexibility index (Phi) is 5.30. The van der Waals surface area contributed by atoms with Crippen LogP contribution in [0.25, 0.3) is 0 Å². The molecule has 0 aromatic rings. The van der Waals surface area contributed by atoms with Gasteiger partial charge in [-0.15, -0.1) is 0 Å². The summed E-state index contributed by atoms with van der Waals surface area (Å²) < 4.78 is 0. The second-order valence-electron chi connectivity index (χ2n) is 7.73. The Balaban J connectivity index is 1.60. The van der Waals surface area contributed by atoms with Crippen LogP contribution < -0.4 is 5.32 Å². The third-order valence-electron chi connectivity index (χ3n) is 5.25. The monoisotopic (exact) mass is 266 g/mol. The fourth-order valence-corrected chi connectivity index (χ4v) is 3.61. The van der Waals surface area contributed by atoms with Crippen molar-refractivity contribution in [2.24, 2.45) is 11.3 Å². The predicted molar refractivity (Wildman–Crippen MR) is 83.5 cm³/mol. The van der Waals surface area contributed by atoms with Crippen molar-refractivity contribution in [1.29, 1.82) is 0 Å². The predicted octanol–water partition coefficient (Wildman–Crippen LogP) is 3.67. The molecule has 2 heteroatoms. The van der Waals surface area contributed by atoms with Gasteiger partial charge in [0.15, 0.2) is 0 Å². The van der Waals surface area contributed by atoms with Gasteiger partial charge in [0, 0.05) is 25.2 Å². The molecule has 2 nitrogen and oxygen atoms in total. The smallest absolute Gasteiger partial charge is 0.0110 e. The van der Waals surface area contributed by atoms with E-state index in [1.807, 2.05) is 0 Å². The lowest BCUT2D eigenvalue weighted by Gasteiger charge is -2.37. The van der Waals surface area contributed by atoms with Gasteiger partial charge in [-0.1, -0.05) is 27.7 Å². The average molecular weight is 266 g/mol. The van der Waals surface area contributed by atoms with E-state index in [0.717, 1.165) is 18.0 Å². The minimum absolute atomic E-state index is 0.510. The van der Waals surface area contributed by atoms with Crippen LogP contribution in [0.15, 0.2) is 0 Å². The average Bonchev–Trinajstić information content (AvgIpc) is 3.18. The fraction of sp³-hybridized carbons (Fsp3) is 1.00. The molecule has 2 fully saturated rings. The maximum Gasteiger partial charge on any atom is 0.0110 e. The number of hydrogen-bond donors (Lipinski definition) is 1. The molecule has 0 heterocycles. The Bertz CT molecular complexity index is 257. The minimum atomic E-state index is 0.510. The van der Waals surface area contributed by atoms with E-state index >= 15 is 0 Å².